The number of rotatable bonds is 4. The number of fused-ring (bicyclic) bond motifs is 1. The first-order valence-electron chi connectivity index (χ1n) is 9.47. The molecule has 1 saturated heterocycles. The normalized spacial score (nSPS) is 15.3. The Morgan fingerprint density at radius 2 is 1.93 bits per heavy atom. The average Bonchev–Trinajstić information content (AvgIpc) is 3.07. The van der Waals surface area contributed by atoms with Gasteiger partial charge in [0, 0.05) is 24.7 Å². The van der Waals surface area contributed by atoms with Gasteiger partial charge >= 0.3 is 0 Å². The molecule has 0 bridgehead atoms. The quantitative estimate of drug-likeness (QED) is 0.685. The molecule has 0 aliphatic carbocycles. The molecule has 1 aromatic carbocycles. The van der Waals surface area contributed by atoms with E-state index in [0.29, 0.717) is 22.5 Å². The second kappa shape index (κ2) is 7.79. The lowest BCUT2D eigenvalue weighted by Crippen LogP contribution is -2.38. The van der Waals surface area contributed by atoms with E-state index < -0.39 is 0 Å². The largest absolute Gasteiger partial charge is 0.342 e. The number of hydrogen-bond acceptors (Lipinski definition) is 5. The summed E-state index contributed by atoms with van der Waals surface area (Å²) in [5.41, 5.74) is 2.28. The Bertz CT molecular complexity index is 1050. The van der Waals surface area contributed by atoms with Crippen LogP contribution >= 0.6 is 11.8 Å². The molecule has 0 unspecified atom stereocenters. The summed E-state index contributed by atoms with van der Waals surface area (Å²) >= 11 is 1.33. The third kappa shape index (κ3) is 3.96. The summed E-state index contributed by atoms with van der Waals surface area (Å²) in [5.74, 6) is 1.62. The zero-order chi connectivity index (χ0) is 19.7. The number of likely N-dealkylation sites (tertiary alicyclic amines) is 1. The molecule has 0 radical (unpaired) electrons. The van der Waals surface area contributed by atoms with Crippen LogP contribution in [0.15, 0.2) is 40.3 Å². The maximum absolute atomic E-state index is 12.6. The number of carbonyl (C=O) groups is 1. The fourth-order valence-corrected chi connectivity index (χ4v) is 4.14. The minimum atomic E-state index is -0.242. The van der Waals surface area contributed by atoms with Crippen LogP contribution in [0.1, 0.15) is 25.3 Å². The van der Waals surface area contributed by atoms with Gasteiger partial charge in [0.15, 0.2) is 16.6 Å². The van der Waals surface area contributed by atoms with Crippen LogP contribution in [0.2, 0.25) is 0 Å². The predicted octanol–water partition coefficient (Wildman–Crippen LogP) is 2.74. The molecule has 2 aromatic heterocycles. The zero-order valence-corrected chi connectivity index (χ0v) is 16.8. The van der Waals surface area contributed by atoms with E-state index >= 15 is 0 Å². The summed E-state index contributed by atoms with van der Waals surface area (Å²) in [6.07, 6.45) is 2.10. The van der Waals surface area contributed by atoms with Gasteiger partial charge in [-0.25, -0.2) is 14.5 Å². The van der Waals surface area contributed by atoms with Gasteiger partial charge in [-0.15, -0.1) is 0 Å². The number of aryl methyl sites for hydroxylation is 1. The lowest BCUT2D eigenvalue weighted by Gasteiger charge is -2.30. The summed E-state index contributed by atoms with van der Waals surface area (Å²) in [6, 6.07) is 9.36. The van der Waals surface area contributed by atoms with Crippen molar-refractivity contribution in [1.29, 1.82) is 0 Å². The molecule has 7 nitrogen and oxygen atoms in total. The van der Waals surface area contributed by atoms with Crippen molar-refractivity contribution in [3.63, 3.8) is 0 Å². The minimum absolute atomic E-state index is 0.107. The van der Waals surface area contributed by atoms with E-state index in [-0.39, 0.29) is 17.2 Å². The number of thioether (sulfide) groups is 1. The molecule has 3 aromatic rings. The van der Waals surface area contributed by atoms with E-state index in [1.807, 2.05) is 36.1 Å². The van der Waals surface area contributed by atoms with Gasteiger partial charge in [0.2, 0.25) is 5.91 Å². The molecule has 1 aliphatic heterocycles. The molecular weight excluding hydrogens is 374 g/mol. The zero-order valence-electron chi connectivity index (χ0n) is 16.0. The van der Waals surface area contributed by atoms with Crippen LogP contribution < -0.4 is 5.56 Å². The molecule has 0 spiro atoms. The van der Waals surface area contributed by atoms with Crippen LogP contribution in [0.5, 0.6) is 0 Å². The Kier molecular flexibility index (Phi) is 5.21. The molecule has 1 aliphatic rings. The minimum Gasteiger partial charge on any atom is -0.342 e. The molecule has 1 fully saturated rings. The first kappa shape index (κ1) is 18.7. The fourth-order valence-electron chi connectivity index (χ4n) is 3.29. The second-order valence-electron chi connectivity index (χ2n) is 7.36. The van der Waals surface area contributed by atoms with Gasteiger partial charge in [-0.05, 0) is 25.7 Å². The smallest absolute Gasteiger partial charge is 0.266 e. The summed E-state index contributed by atoms with van der Waals surface area (Å²) in [5, 5.41) is 3.27. The highest BCUT2D eigenvalue weighted by molar-refractivity contribution is 7.99. The van der Waals surface area contributed by atoms with Crippen molar-refractivity contribution in [2.75, 3.05) is 18.8 Å². The lowest BCUT2D eigenvalue weighted by molar-refractivity contribution is -0.129. The summed E-state index contributed by atoms with van der Waals surface area (Å²) < 4.78 is 1.55. The Hall–Kier alpha value is -2.61. The second-order valence-corrected chi connectivity index (χ2v) is 8.30. The van der Waals surface area contributed by atoms with Crippen molar-refractivity contribution < 1.29 is 4.79 Å². The summed E-state index contributed by atoms with van der Waals surface area (Å²) in [6.45, 7) is 5.88. The molecule has 28 heavy (non-hydrogen) atoms. The van der Waals surface area contributed by atoms with E-state index in [9.17, 15) is 9.59 Å². The van der Waals surface area contributed by atoms with Crippen LogP contribution in [0, 0.1) is 12.8 Å². The van der Waals surface area contributed by atoms with Crippen LogP contribution in [-0.4, -0.2) is 49.2 Å². The van der Waals surface area contributed by atoms with Crippen LogP contribution in [0.3, 0.4) is 0 Å². The van der Waals surface area contributed by atoms with E-state index in [4.69, 9.17) is 0 Å². The Morgan fingerprint density at radius 1 is 1.21 bits per heavy atom. The van der Waals surface area contributed by atoms with Crippen molar-refractivity contribution in [3.05, 3.63) is 46.2 Å². The maximum Gasteiger partial charge on any atom is 0.266 e. The number of nitrogens with one attached hydrogen (secondary N) is 1. The van der Waals surface area contributed by atoms with Crippen LogP contribution in [0.4, 0.5) is 0 Å². The number of carbonyl (C=O) groups excluding carboxylic acids is 1. The number of piperidine rings is 1. The lowest BCUT2D eigenvalue weighted by atomic mass is 9.99. The number of hydrogen-bond donors (Lipinski definition) is 1. The topological polar surface area (TPSA) is 83.4 Å². The monoisotopic (exact) mass is 397 g/mol. The van der Waals surface area contributed by atoms with E-state index in [1.54, 1.807) is 4.52 Å². The standard InChI is InChI=1S/C20H23N5O2S/c1-13-3-5-15(6-4-13)19-21-16-11-17(26)23-25(16)20(22-19)28-12-18(27)24-9-7-14(2)8-10-24/h3-6,11,14H,7-10,12H2,1-2H3,(H,23,26). The summed E-state index contributed by atoms with van der Waals surface area (Å²) in [4.78, 5) is 35.4. The van der Waals surface area contributed by atoms with Crippen molar-refractivity contribution in [2.45, 2.75) is 31.8 Å². The van der Waals surface area contributed by atoms with E-state index in [0.717, 1.165) is 37.1 Å². The van der Waals surface area contributed by atoms with E-state index in [2.05, 4.69) is 22.0 Å². The molecule has 1 amide bonds. The first-order chi connectivity index (χ1) is 13.5. The molecule has 8 heteroatoms. The Labute approximate surface area is 167 Å². The third-order valence-electron chi connectivity index (χ3n) is 5.10. The molecule has 3 heterocycles. The van der Waals surface area contributed by atoms with Gasteiger partial charge in [-0.2, -0.15) is 0 Å². The molecular formula is C20H23N5O2S. The van der Waals surface area contributed by atoms with Gasteiger partial charge in [-0.3, -0.25) is 14.7 Å². The Morgan fingerprint density at radius 3 is 2.64 bits per heavy atom. The highest BCUT2D eigenvalue weighted by atomic mass is 32.2. The van der Waals surface area contributed by atoms with Gasteiger partial charge < -0.3 is 4.90 Å². The first-order valence-corrected chi connectivity index (χ1v) is 10.5. The molecule has 0 saturated carbocycles. The number of nitrogens with zero attached hydrogens (tertiary/aromatic N) is 4. The van der Waals surface area contributed by atoms with Gasteiger partial charge in [0.05, 0.1) is 5.75 Å². The predicted molar refractivity (Wildman–Crippen MR) is 109 cm³/mol. The summed E-state index contributed by atoms with van der Waals surface area (Å²) in [7, 11) is 0. The van der Waals surface area contributed by atoms with Gasteiger partial charge in [0.25, 0.3) is 5.56 Å². The number of benzene rings is 1. The SMILES string of the molecule is Cc1ccc(-c2nc(SCC(=O)N3CCC(C)CC3)n3[nH]c(=O)cc3n2)cc1. The van der Waals surface area contributed by atoms with E-state index in [1.165, 1.54) is 17.8 Å². The highest BCUT2D eigenvalue weighted by Crippen LogP contribution is 2.23. The molecule has 1 N–H and O–H groups in total. The van der Waals surface area contributed by atoms with Crippen LogP contribution in [0.25, 0.3) is 17.0 Å². The van der Waals surface area contributed by atoms with Crippen LogP contribution in [-0.2, 0) is 4.79 Å². The number of aromatic amines is 1. The molecule has 0 atom stereocenters. The average molecular weight is 398 g/mol. The number of amides is 1. The number of aromatic nitrogens is 4. The molecule has 146 valence electrons. The third-order valence-corrected chi connectivity index (χ3v) is 6.02. The number of H-pyrrole nitrogens is 1. The Balaban J connectivity index is 1.59. The van der Waals surface area contributed by atoms with Crippen molar-refractivity contribution in [1.82, 2.24) is 24.5 Å². The highest BCUT2D eigenvalue weighted by Gasteiger charge is 2.21. The van der Waals surface area contributed by atoms with Crippen molar-refractivity contribution >= 4 is 23.3 Å². The van der Waals surface area contributed by atoms with Crippen molar-refractivity contribution in [3.8, 4) is 11.4 Å². The molecule has 4 rings (SSSR count). The van der Waals surface area contributed by atoms with Gasteiger partial charge in [-0.1, -0.05) is 48.5 Å². The van der Waals surface area contributed by atoms with Crippen molar-refractivity contribution in [2.24, 2.45) is 5.92 Å². The van der Waals surface area contributed by atoms with Gasteiger partial charge in [0.1, 0.15) is 0 Å². The maximum atomic E-state index is 12.6. The fraction of sp³-hybridized carbons (Fsp3) is 0.400.